The third-order valence-corrected chi connectivity index (χ3v) is 3.22. The fraction of sp³-hybridized carbons (Fsp3) is 0.250. The number of likely N-dealkylation sites (N-methyl/N-ethyl adjacent to an activating group) is 1. The Balaban J connectivity index is 2.06. The van der Waals surface area contributed by atoms with Crippen LogP contribution in [0.25, 0.3) is 0 Å². The van der Waals surface area contributed by atoms with Crippen molar-refractivity contribution < 1.29 is 4.39 Å². The molecule has 0 saturated heterocycles. The first kappa shape index (κ1) is 13.6. The Morgan fingerprint density at radius 2 is 1.84 bits per heavy atom. The predicted molar refractivity (Wildman–Crippen MR) is 77.8 cm³/mol. The minimum Gasteiger partial charge on any atom is -0.373 e. The van der Waals surface area contributed by atoms with Gasteiger partial charge in [0.2, 0.25) is 0 Å². The lowest BCUT2D eigenvalue weighted by Gasteiger charge is -2.23. The van der Waals surface area contributed by atoms with Crippen LogP contribution in [-0.4, -0.2) is 13.6 Å². The second-order valence-electron chi connectivity index (χ2n) is 4.88. The number of nitrogens with zero attached hydrogens (tertiary/aromatic N) is 1. The summed E-state index contributed by atoms with van der Waals surface area (Å²) in [5.41, 5.74) is 9.28. The first-order valence-corrected chi connectivity index (χ1v) is 6.35. The van der Waals surface area contributed by atoms with Gasteiger partial charge in [-0.1, -0.05) is 29.8 Å². The summed E-state index contributed by atoms with van der Waals surface area (Å²) in [6, 6.07) is 14.5. The number of rotatable bonds is 4. The van der Waals surface area contributed by atoms with Crippen LogP contribution in [0.2, 0.25) is 0 Å². The molecule has 0 radical (unpaired) electrons. The highest BCUT2D eigenvalue weighted by Gasteiger charge is 2.10. The Hall–Kier alpha value is -1.87. The van der Waals surface area contributed by atoms with Crippen molar-refractivity contribution in [3.05, 3.63) is 65.5 Å². The standard InChI is InChI=1S/C16H19FN2/c1-12-6-8-15(9-7-12)19(2)11-16(18)13-4-3-5-14(17)10-13/h3-10,16H,11,18H2,1-2H3. The lowest BCUT2D eigenvalue weighted by molar-refractivity contribution is 0.618. The van der Waals surface area contributed by atoms with Gasteiger partial charge >= 0.3 is 0 Å². The first-order chi connectivity index (χ1) is 9.06. The molecule has 0 bridgehead atoms. The van der Waals surface area contributed by atoms with Crippen molar-refractivity contribution in [2.75, 3.05) is 18.5 Å². The Kier molecular flexibility index (Phi) is 4.17. The highest BCUT2D eigenvalue weighted by atomic mass is 19.1. The molecule has 1 unspecified atom stereocenters. The topological polar surface area (TPSA) is 29.3 Å². The van der Waals surface area contributed by atoms with E-state index in [1.54, 1.807) is 6.07 Å². The summed E-state index contributed by atoms with van der Waals surface area (Å²) in [6.45, 7) is 2.70. The second-order valence-corrected chi connectivity index (χ2v) is 4.88. The average Bonchev–Trinajstić information content (AvgIpc) is 2.39. The number of benzene rings is 2. The van der Waals surface area contributed by atoms with E-state index in [0.717, 1.165) is 11.3 Å². The maximum atomic E-state index is 13.2. The highest BCUT2D eigenvalue weighted by molar-refractivity contribution is 5.47. The SMILES string of the molecule is Cc1ccc(N(C)CC(N)c2cccc(F)c2)cc1. The van der Waals surface area contributed by atoms with Gasteiger partial charge in [-0.25, -0.2) is 4.39 Å². The van der Waals surface area contributed by atoms with E-state index in [1.165, 1.54) is 17.7 Å². The Morgan fingerprint density at radius 3 is 2.47 bits per heavy atom. The molecule has 0 aliphatic carbocycles. The van der Waals surface area contributed by atoms with Crippen LogP contribution in [0, 0.1) is 12.7 Å². The molecular formula is C16H19FN2. The smallest absolute Gasteiger partial charge is 0.123 e. The molecule has 0 heterocycles. The third-order valence-electron chi connectivity index (χ3n) is 3.22. The van der Waals surface area contributed by atoms with E-state index in [-0.39, 0.29) is 11.9 Å². The average molecular weight is 258 g/mol. The number of hydrogen-bond acceptors (Lipinski definition) is 2. The van der Waals surface area contributed by atoms with Gasteiger partial charge in [0.15, 0.2) is 0 Å². The summed E-state index contributed by atoms with van der Waals surface area (Å²) in [6.07, 6.45) is 0. The molecule has 0 amide bonds. The molecule has 19 heavy (non-hydrogen) atoms. The fourth-order valence-electron chi connectivity index (χ4n) is 2.04. The van der Waals surface area contributed by atoms with Crippen molar-refractivity contribution >= 4 is 5.69 Å². The highest BCUT2D eigenvalue weighted by Crippen LogP contribution is 2.18. The van der Waals surface area contributed by atoms with Crippen molar-refractivity contribution in [1.29, 1.82) is 0 Å². The molecule has 0 spiro atoms. The first-order valence-electron chi connectivity index (χ1n) is 6.35. The van der Waals surface area contributed by atoms with Crippen molar-refractivity contribution in [1.82, 2.24) is 0 Å². The summed E-state index contributed by atoms with van der Waals surface area (Å²) in [4.78, 5) is 2.08. The van der Waals surface area contributed by atoms with E-state index in [4.69, 9.17) is 5.73 Å². The zero-order valence-electron chi connectivity index (χ0n) is 11.3. The lowest BCUT2D eigenvalue weighted by Crippen LogP contribution is -2.29. The molecule has 0 aliphatic rings. The van der Waals surface area contributed by atoms with Crippen molar-refractivity contribution in [3.63, 3.8) is 0 Å². The van der Waals surface area contributed by atoms with Crippen molar-refractivity contribution in [2.45, 2.75) is 13.0 Å². The van der Waals surface area contributed by atoms with Gasteiger partial charge in [0.1, 0.15) is 5.82 Å². The van der Waals surface area contributed by atoms with Crippen LogP contribution in [0.4, 0.5) is 10.1 Å². The van der Waals surface area contributed by atoms with Gasteiger partial charge in [0.05, 0.1) is 0 Å². The molecule has 2 nitrogen and oxygen atoms in total. The van der Waals surface area contributed by atoms with E-state index in [1.807, 2.05) is 13.1 Å². The van der Waals surface area contributed by atoms with Gasteiger partial charge in [-0.2, -0.15) is 0 Å². The summed E-state index contributed by atoms with van der Waals surface area (Å²) >= 11 is 0. The van der Waals surface area contributed by atoms with E-state index in [9.17, 15) is 4.39 Å². The van der Waals surface area contributed by atoms with E-state index < -0.39 is 0 Å². The molecule has 1 atom stereocenters. The maximum Gasteiger partial charge on any atom is 0.123 e. The molecule has 0 saturated carbocycles. The second kappa shape index (κ2) is 5.85. The Morgan fingerprint density at radius 1 is 1.16 bits per heavy atom. The number of aryl methyl sites for hydroxylation is 1. The van der Waals surface area contributed by atoms with Gasteiger partial charge in [-0.05, 0) is 36.8 Å². The molecule has 2 rings (SSSR count). The minimum absolute atomic E-state index is 0.206. The summed E-state index contributed by atoms with van der Waals surface area (Å²) in [5.74, 6) is -0.245. The molecule has 2 N–H and O–H groups in total. The van der Waals surface area contributed by atoms with Crippen LogP contribution in [-0.2, 0) is 0 Å². The predicted octanol–water partition coefficient (Wildman–Crippen LogP) is 3.27. The van der Waals surface area contributed by atoms with Gasteiger partial charge in [-0.15, -0.1) is 0 Å². The normalized spacial score (nSPS) is 12.2. The van der Waals surface area contributed by atoms with Crippen LogP contribution >= 0.6 is 0 Å². The summed E-state index contributed by atoms with van der Waals surface area (Å²) in [7, 11) is 1.99. The largest absolute Gasteiger partial charge is 0.373 e. The lowest BCUT2D eigenvalue weighted by atomic mass is 10.1. The number of anilines is 1. The van der Waals surface area contributed by atoms with Gasteiger partial charge in [-0.3, -0.25) is 0 Å². The molecule has 3 heteroatoms. The van der Waals surface area contributed by atoms with Crippen molar-refractivity contribution in [2.24, 2.45) is 5.73 Å². The third kappa shape index (κ3) is 3.55. The zero-order valence-corrected chi connectivity index (χ0v) is 11.3. The fourth-order valence-corrected chi connectivity index (χ4v) is 2.04. The zero-order chi connectivity index (χ0) is 13.8. The van der Waals surface area contributed by atoms with Crippen LogP contribution in [0.3, 0.4) is 0 Å². The summed E-state index contributed by atoms with van der Waals surface area (Å²) < 4.78 is 13.2. The van der Waals surface area contributed by atoms with Crippen LogP contribution in [0.5, 0.6) is 0 Å². The molecule has 100 valence electrons. The van der Waals surface area contributed by atoms with Gasteiger partial charge in [0, 0.05) is 25.3 Å². The van der Waals surface area contributed by atoms with Crippen LogP contribution < -0.4 is 10.6 Å². The molecule has 0 fully saturated rings. The summed E-state index contributed by atoms with van der Waals surface area (Å²) in [5, 5.41) is 0. The number of hydrogen-bond donors (Lipinski definition) is 1. The van der Waals surface area contributed by atoms with Crippen LogP contribution in [0.15, 0.2) is 48.5 Å². The van der Waals surface area contributed by atoms with Gasteiger partial charge in [0.25, 0.3) is 0 Å². The maximum absolute atomic E-state index is 13.2. The van der Waals surface area contributed by atoms with E-state index in [0.29, 0.717) is 6.54 Å². The van der Waals surface area contributed by atoms with Crippen molar-refractivity contribution in [3.8, 4) is 0 Å². The molecular weight excluding hydrogens is 239 g/mol. The minimum atomic E-state index is -0.245. The Bertz CT molecular complexity index is 537. The van der Waals surface area contributed by atoms with Gasteiger partial charge < -0.3 is 10.6 Å². The molecule has 2 aromatic rings. The number of halogens is 1. The molecule has 0 aromatic heterocycles. The number of nitrogens with two attached hydrogens (primary N) is 1. The molecule has 2 aromatic carbocycles. The monoisotopic (exact) mass is 258 g/mol. The van der Waals surface area contributed by atoms with E-state index in [2.05, 4.69) is 36.1 Å². The van der Waals surface area contributed by atoms with E-state index >= 15 is 0 Å². The quantitative estimate of drug-likeness (QED) is 0.912. The molecule has 0 aliphatic heterocycles. The Labute approximate surface area is 113 Å². The van der Waals surface area contributed by atoms with Crippen LogP contribution in [0.1, 0.15) is 17.2 Å².